The molecule has 0 aromatic heterocycles. The van der Waals surface area contributed by atoms with Crippen molar-refractivity contribution in [2.75, 3.05) is 0 Å². The van der Waals surface area contributed by atoms with E-state index in [0.29, 0.717) is 0 Å². The van der Waals surface area contributed by atoms with Crippen LogP contribution < -0.4 is 0 Å². The van der Waals surface area contributed by atoms with Crippen molar-refractivity contribution >= 4 is 14.4 Å². The summed E-state index contributed by atoms with van der Waals surface area (Å²) in [6, 6.07) is 1.46. The van der Waals surface area contributed by atoms with Gasteiger partial charge in [0.2, 0.25) is 0 Å². The van der Waals surface area contributed by atoms with Crippen molar-refractivity contribution in [1.82, 2.24) is 0 Å². The van der Waals surface area contributed by atoms with Crippen molar-refractivity contribution in [2.45, 2.75) is 64.2 Å². The molecule has 0 atom stereocenters. The molecular weight excluding hydrogens is 176 g/mol. The monoisotopic (exact) mass is 200 g/mol. The molecule has 0 bridgehead atoms. The minimum atomic E-state index is -0.789. The van der Waals surface area contributed by atoms with E-state index in [0.717, 1.165) is 19.1 Å². The zero-order valence-electron chi connectivity index (χ0n) is 9.44. The molecular formula is C11H24OSi. The lowest BCUT2D eigenvalue weighted by Crippen LogP contribution is -2.18. The average molecular weight is 200 g/mol. The largest absolute Gasteiger partial charge is 0.303 e. The third-order valence-corrected chi connectivity index (χ3v) is 4.10. The lowest BCUT2D eigenvalue weighted by Gasteiger charge is -2.14. The topological polar surface area (TPSA) is 17.1 Å². The van der Waals surface area contributed by atoms with E-state index in [2.05, 4.69) is 19.6 Å². The molecule has 78 valence electrons. The van der Waals surface area contributed by atoms with Crippen LogP contribution in [0.5, 0.6) is 0 Å². The van der Waals surface area contributed by atoms with Gasteiger partial charge in [0.15, 0.2) is 0 Å². The van der Waals surface area contributed by atoms with E-state index in [-0.39, 0.29) is 0 Å². The molecule has 0 aliphatic carbocycles. The SMILES string of the molecule is C[Si](C)(C)CCCCCCCC=O. The van der Waals surface area contributed by atoms with Crippen molar-refractivity contribution in [2.24, 2.45) is 0 Å². The second kappa shape index (κ2) is 7.31. The summed E-state index contributed by atoms with van der Waals surface area (Å²) in [7, 11) is -0.789. The maximum atomic E-state index is 10.0. The van der Waals surface area contributed by atoms with Crippen molar-refractivity contribution < 1.29 is 4.79 Å². The van der Waals surface area contributed by atoms with E-state index in [1.54, 1.807) is 0 Å². The second-order valence-corrected chi connectivity index (χ2v) is 10.7. The predicted molar refractivity (Wildman–Crippen MR) is 61.9 cm³/mol. The number of carbonyl (C=O) groups excluding carboxylic acids is 1. The molecule has 0 unspecified atom stereocenters. The van der Waals surface area contributed by atoms with Crippen molar-refractivity contribution in [3.8, 4) is 0 Å². The number of unbranched alkanes of at least 4 members (excludes halogenated alkanes) is 5. The molecule has 0 heterocycles. The van der Waals surface area contributed by atoms with Gasteiger partial charge in [-0.25, -0.2) is 0 Å². The van der Waals surface area contributed by atoms with Crippen LogP contribution in [0.4, 0.5) is 0 Å². The molecule has 0 radical (unpaired) electrons. The second-order valence-electron chi connectivity index (χ2n) is 5.03. The van der Waals surface area contributed by atoms with Crippen LogP contribution in [0, 0.1) is 0 Å². The molecule has 0 saturated heterocycles. The zero-order valence-corrected chi connectivity index (χ0v) is 10.4. The normalized spacial score (nSPS) is 11.6. The summed E-state index contributed by atoms with van der Waals surface area (Å²) >= 11 is 0. The first-order valence-corrected chi connectivity index (χ1v) is 9.20. The van der Waals surface area contributed by atoms with Crippen LogP contribution in [0.3, 0.4) is 0 Å². The smallest absolute Gasteiger partial charge is 0.119 e. The highest BCUT2D eigenvalue weighted by Gasteiger charge is 2.11. The molecule has 0 aliphatic heterocycles. The van der Waals surface area contributed by atoms with E-state index in [1.165, 1.54) is 31.7 Å². The molecule has 0 saturated carbocycles. The molecule has 0 aromatic rings. The van der Waals surface area contributed by atoms with Crippen LogP contribution in [0.25, 0.3) is 0 Å². The first-order valence-electron chi connectivity index (χ1n) is 5.50. The standard InChI is InChI=1S/C11H24OSi/c1-13(2,3)11-9-7-5-4-6-8-10-12/h10H,4-9,11H2,1-3H3. The summed E-state index contributed by atoms with van der Waals surface area (Å²) in [5, 5.41) is 0. The van der Waals surface area contributed by atoms with Gasteiger partial charge in [0.1, 0.15) is 6.29 Å². The van der Waals surface area contributed by atoms with Crippen LogP contribution in [0.2, 0.25) is 25.7 Å². The fraction of sp³-hybridized carbons (Fsp3) is 0.909. The van der Waals surface area contributed by atoms with Gasteiger partial charge < -0.3 is 4.79 Å². The third-order valence-electron chi connectivity index (χ3n) is 2.25. The maximum Gasteiger partial charge on any atom is 0.119 e. The number of hydrogen-bond acceptors (Lipinski definition) is 1. The van der Waals surface area contributed by atoms with Crippen molar-refractivity contribution in [3.63, 3.8) is 0 Å². The zero-order chi connectivity index (χ0) is 10.2. The lowest BCUT2D eigenvalue weighted by molar-refractivity contribution is -0.107. The minimum Gasteiger partial charge on any atom is -0.303 e. The van der Waals surface area contributed by atoms with Crippen molar-refractivity contribution in [3.05, 3.63) is 0 Å². The highest BCUT2D eigenvalue weighted by molar-refractivity contribution is 6.76. The third kappa shape index (κ3) is 11.9. The number of carbonyl (C=O) groups is 1. The van der Waals surface area contributed by atoms with Gasteiger partial charge in [-0.15, -0.1) is 0 Å². The van der Waals surface area contributed by atoms with Crippen LogP contribution >= 0.6 is 0 Å². The summed E-state index contributed by atoms with van der Waals surface area (Å²) < 4.78 is 0. The Morgan fingerprint density at radius 2 is 1.46 bits per heavy atom. The Morgan fingerprint density at radius 3 is 2.00 bits per heavy atom. The van der Waals surface area contributed by atoms with Gasteiger partial charge >= 0.3 is 0 Å². The Balaban J connectivity index is 3.04. The van der Waals surface area contributed by atoms with E-state index in [4.69, 9.17) is 0 Å². The molecule has 13 heavy (non-hydrogen) atoms. The number of rotatable bonds is 8. The van der Waals surface area contributed by atoms with Crippen LogP contribution in [-0.4, -0.2) is 14.4 Å². The lowest BCUT2D eigenvalue weighted by atomic mass is 10.1. The molecule has 0 N–H and O–H groups in total. The van der Waals surface area contributed by atoms with Crippen LogP contribution in [0.15, 0.2) is 0 Å². The highest BCUT2D eigenvalue weighted by Crippen LogP contribution is 2.15. The van der Waals surface area contributed by atoms with Gasteiger partial charge in [0, 0.05) is 14.5 Å². The molecule has 1 nitrogen and oxygen atoms in total. The molecule has 0 rings (SSSR count). The first-order chi connectivity index (χ1) is 6.06. The van der Waals surface area contributed by atoms with Crippen molar-refractivity contribution in [1.29, 1.82) is 0 Å². The number of hydrogen-bond donors (Lipinski definition) is 0. The van der Waals surface area contributed by atoms with E-state index < -0.39 is 8.07 Å². The molecule has 0 spiro atoms. The molecule has 0 aliphatic rings. The summed E-state index contributed by atoms with van der Waals surface area (Å²) in [6.07, 6.45) is 8.20. The Labute approximate surface area is 83.9 Å². The summed E-state index contributed by atoms with van der Waals surface area (Å²) in [5.74, 6) is 0. The van der Waals surface area contributed by atoms with E-state index in [9.17, 15) is 4.79 Å². The van der Waals surface area contributed by atoms with Gasteiger partial charge in [-0.05, 0) is 6.42 Å². The Bertz CT molecular complexity index is 127. The van der Waals surface area contributed by atoms with E-state index in [1.807, 2.05) is 0 Å². The summed E-state index contributed by atoms with van der Waals surface area (Å²) in [4.78, 5) is 10.0. The summed E-state index contributed by atoms with van der Waals surface area (Å²) in [5.41, 5.74) is 0. The average Bonchev–Trinajstić information content (AvgIpc) is 2.01. The van der Waals surface area contributed by atoms with Gasteiger partial charge in [-0.2, -0.15) is 0 Å². The molecule has 0 aromatic carbocycles. The van der Waals surface area contributed by atoms with Gasteiger partial charge in [-0.1, -0.05) is 51.4 Å². The number of aldehydes is 1. The molecule has 0 fully saturated rings. The van der Waals surface area contributed by atoms with Gasteiger partial charge in [0.25, 0.3) is 0 Å². The Morgan fingerprint density at radius 1 is 0.923 bits per heavy atom. The van der Waals surface area contributed by atoms with Gasteiger partial charge in [-0.3, -0.25) is 0 Å². The fourth-order valence-corrected chi connectivity index (χ4v) is 2.72. The predicted octanol–water partition coefficient (Wildman–Crippen LogP) is 3.86. The van der Waals surface area contributed by atoms with E-state index >= 15 is 0 Å². The summed E-state index contributed by atoms with van der Waals surface area (Å²) in [6.45, 7) is 7.29. The van der Waals surface area contributed by atoms with Gasteiger partial charge in [0.05, 0.1) is 0 Å². The maximum absolute atomic E-state index is 10.0. The fourth-order valence-electron chi connectivity index (χ4n) is 1.41. The van der Waals surface area contributed by atoms with Crippen LogP contribution in [0.1, 0.15) is 38.5 Å². The molecule has 0 amide bonds. The minimum absolute atomic E-state index is 0.758. The first kappa shape index (κ1) is 12.9. The molecule has 2 heteroatoms. The quantitative estimate of drug-likeness (QED) is 0.330. The Hall–Kier alpha value is -0.113. The highest BCUT2D eigenvalue weighted by atomic mass is 28.3. The Kier molecular flexibility index (Phi) is 7.24. The van der Waals surface area contributed by atoms with Crippen LogP contribution in [-0.2, 0) is 4.79 Å².